The van der Waals surface area contributed by atoms with Gasteiger partial charge in [-0.3, -0.25) is 9.59 Å². The van der Waals surface area contributed by atoms with Gasteiger partial charge in [-0.2, -0.15) is 0 Å². The monoisotopic (exact) mass is 361 g/mol. The molecule has 25 heavy (non-hydrogen) atoms. The summed E-state index contributed by atoms with van der Waals surface area (Å²) in [4.78, 5) is 31.6. The highest BCUT2D eigenvalue weighted by atomic mass is 32.1. The number of hydrogen-bond acceptors (Lipinski definition) is 4. The Morgan fingerprint density at radius 3 is 2.76 bits per heavy atom. The molecule has 1 saturated carbocycles. The van der Waals surface area contributed by atoms with Gasteiger partial charge in [-0.05, 0) is 31.9 Å². The number of carbonyl (C=O) groups excluding carboxylic acids is 2. The number of hydrogen-bond donors (Lipinski definition) is 2. The second kappa shape index (κ2) is 7.49. The quantitative estimate of drug-likeness (QED) is 0.759. The van der Waals surface area contributed by atoms with Crippen LogP contribution in [0.1, 0.15) is 30.8 Å². The third-order valence-electron chi connectivity index (χ3n) is 4.50. The smallest absolute Gasteiger partial charge is 0.278 e. The lowest BCUT2D eigenvalue weighted by molar-refractivity contribution is -0.863. The number of benzene rings is 1. The molecule has 2 atom stereocenters. The molecular formula is C18H25N4O2S+. The second-order valence-corrected chi connectivity index (χ2v) is 7.92. The zero-order valence-corrected chi connectivity index (χ0v) is 15.7. The van der Waals surface area contributed by atoms with Crippen LogP contribution in [-0.2, 0) is 9.59 Å². The Labute approximate surface area is 151 Å². The van der Waals surface area contributed by atoms with E-state index in [0.717, 1.165) is 33.0 Å². The van der Waals surface area contributed by atoms with Crippen molar-refractivity contribution in [2.75, 3.05) is 27.2 Å². The van der Waals surface area contributed by atoms with Crippen molar-refractivity contribution >= 4 is 33.4 Å². The van der Waals surface area contributed by atoms with Crippen molar-refractivity contribution in [1.82, 2.24) is 15.2 Å². The Balaban J connectivity index is 1.55. The summed E-state index contributed by atoms with van der Waals surface area (Å²) in [6.07, 6.45) is 2.15. The maximum Gasteiger partial charge on any atom is 0.278 e. The molecule has 1 heterocycles. The highest BCUT2D eigenvalue weighted by Crippen LogP contribution is 2.28. The molecule has 0 spiro atoms. The molecule has 6 nitrogen and oxygen atoms in total. The molecule has 2 amide bonds. The first-order valence-corrected chi connectivity index (χ1v) is 9.47. The van der Waals surface area contributed by atoms with Gasteiger partial charge in [0.05, 0.1) is 23.3 Å². The number of thiazole rings is 1. The number of para-hydroxylation sites is 1. The number of fused-ring (bicyclic) bond motifs is 1. The minimum atomic E-state index is -0.0852. The molecule has 1 aromatic heterocycles. The van der Waals surface area contributed by atoms with E-state index >= 15 is 0 Å². The molecule has 7 heteroatoms. The number of nitrogens with one attached hydrogen (secondary N) is 2. The van der Waals surface area contributed by atoms with Gasteiger partial charge in [0.15, 0.2) is 13.1 Å². The summed E-state index contributed by atoms with van der Waals surface area (Å²) in [6.45, 7) is 2.61. The maximum atomic E-state index is 12.5. The minimum Gasteiger partial charge on any atom is -0.348 e. The fraction of sp³-hybridized carbons (Fsp3) is 0.500. The Hall–Kier alpha value is -1.99. The van der Waals surface area contributed by atoms with Gasteiger partial charge in [0.25, 0.3) is 11.8 Å². The van der Waals surface area contributed by atoms with Crippen LogP contribution in [0.25, 0.3) is 10.2 Å². The number of nitrogens with zero attached hydrogens (tertiary/aromatic N) is 2. The van der Waals surface area contributed by atoms with Crippen molar-refractivity contribution < 1.29 is 14.5 Å². The van der Waals surface area contributed by atoms with Gasteiger partial charge in [-0.1, -0.05) is 12.1 Å². The molecule has 1 fully saturated rings. The van der Waals surface area contributed by atoms with E-state index in [2.05, 4.69) is 10.3 Å². The van der Waals surface area contributed by atoms with Crippen molar-refractivity contribution in [3.8, 4) is 0 Å². The van der Waals surface area contributed by atoms with Gasteiger partial charge >= 0.3 is 0 Å². The summed E-state index contributed by atoms with van der Waals surface area (Å²) in [5, 5.41) is 3.89. The summed E-state index contributed by atoms with van der Waals surface area (Å²) in [5.41, 5.74) is 0.967. The molecule has 0 bridgehead atoms. The molecular weight excluding hydrogens is 336 g/mol. The molecule has 0 aliphatic heterocycles. The van der Waals surface area contributed by atoms with E-state index in [0.29, 0.717) is 19.1 Å². The molecule has 1 aromatic carbocycles. The van der Waals surface area contributed by atoms with Crippen LogP contribution in [0.4, 0.5) is 0 Å². The van der Waals surface area contributed by atoms with Crippen molar-refractivity contribution in [1.29, 1.82) is 0 Å². The molecule has 1 aliphatic carbocycles. The van der Waals surface area contributed by atoms with Gasteiger partial charge in [-0.15, -0.1) is 11.3 Å². The van der Waals surface area contributed by atoms with Crippen molar-refractivity contribution in [2.45, 2.75) is 31.8 Å². The van der Waals surface area contributed by atoms with Gasteiger partial charge in [0, 0.05) is 13.1 Å². The number of amides is 2. The highest BCUT2D eigenvalue weighted by molar-refractivity contribution is 7.18. The van der Waals surface area contributed by atoms with Crippen LogP contribution in [0.3, 0.4) is 0 Å². The minimum absolute atomic E-state index is 0.0171. The zero-order chi connectivity index (χ0) is 18.0. The topological polar surface area (TPSA) is 66.7 Å². The van der Waals surface area contributed by atoms with E-state index in [1.165, 1.54) is 0 Å². The largest absolute Gasteiger partial charge is 0.348 e. The van der Waals surface area contributed by atoms with Crippen LogP contribution in [0.2, 0.25) is 0 Å². The fourth-order valence-electron chi connectivity index (χ4n) is 2.68. The number of rotatable bonds is 7. The normalized spacial score (nSPS) is 16.4. The van der Waals surface area contributed by atoms with Crippen LogP contribution in [0.15, 0.2) is 24.3 Å². The van der Waals surface area contributed by atoms with Crippen LogP contribution < -0.4 is 10.2 Å². The Morgan fingerprint density at radius 2 is 2.08 bits per heavy atom. The third kappa shape index (κ3) is 4.55. The molecule has 134 valence electrons. The van der Waals surface area contributed by atoms with Crippen LogP contribution >= 0.6 is 11.3 Å². The Kier molecular flexibility index (Phi) is 5.34. The van der Waals surface area contributed by atoms with Crippen LogP contribution in [-0.4, -0.2) is 54.9 Å². The molecule has 3 rings (SSSR count). The van der Waals surface area contributed by atoms with Gasteiger partial charge < -0.3 is 15.1 Å². The van der Waals surface area contributed by atoms with E-state index in [9.17, 15) is 9.59 Å². The molecule has 1 aliphatic rings. The van der Waals surface area contributed by atoms with E-state index in [4.69, 9.17) is 0 Å². The molecule has 0 saturated heterocycles. The number of likely N-dealkylation sites (N-methyl/N-ethyl adjacent to an activating group) is 2. The summed E-state index contributed by atoms with van der Waals surface area (Å²) in [6, 6.07) is 8.27. The SMILES string of the molecule is C[C@@H](c1nc2ccccc2s1)N(C)C(=O)C[NH+](C)CC(=O)NC1CC1. The predicted octanol–water partition coefficient (Wildman–Crippen LogP) is 0.609. The summed E-state index contributed by atoms with van der Waals surface area (Å²) in [7, 11) is 3.68. The lowest BCUT2D eigenvalue weighted by Gasteiger charge is -2.24. The maximum absolute atomic E-state index is 12.5. The third-order valence-corrected chi connectivity index (χ3v) is 5.71. The first kappa shape index (κ1) is 17.8. The van der Waals surface area contributed by atoms with Gasteiger partial charge in [0.1, 0.15) is 5.01 Å². The van der Waals surface area contributed by atoms with Crippen molar-refractivity contribution in [2.24, 2.45) is 0 Å². The second-order valence-electron chi connectivity index (χ2n) is 6.85. The van der Waals surface area contributed by atoms with Crippen molar-refractivity contribution in [3.63, 3.8) is 0 Å². The first-order valence-electron chi connectivity index (χ1n) is 8.66. The highest BCUT2D eigenvalue weighted by Gasteiger charge is 2.26. The lowest BCUT2D eigenvalue weighted by atomic mass is 10.3. The summed E-state index contributed by atoms with van der Waals surface area (Å²) in [5.74, 6) is 0.0400. The zero-order valence-electron chi connectivity index (χ0n) is 14.9. The summed E-state index contributed by atoms with van der Waals surface area (Å²) >= 11 is 1.62. The average molecular weight is 361 g/mol. The average Bonchev–Trinajstić information content (AvgIpc) is 3.27. The van der Waals surface area contributed by atoms with E-state index < -0.39 is 0 Å². The Bertz CT molecular complexity index is 738. The first-order chi connectivity index (χ1) is 11.9. The van der Waals surface area contributed by atoms with Gasteiger partial charge in [-0.25, -0.2) is 4.98 Å². The standard InChI is InChI=1S/C18H24N4O2S/c1-12(18-20-14-6-4-5-7-15(14)25-18)22(3)17(24)11-21(2)10-16(23)19-13-8-9-13/h4-7,12-13H,8-11H2,1-3H3,(H,19,23)/p+1/t12-/m0/s1. The summed E-state index contributed by atoms with van der Waals surface area (Å²) < 4.78 is 1.13. The molecule has 1 unspecified atom stereocenters. The number of carbonyl (C=O) groups is 2. The van der Waals surface area contributed by atoms with Crippen LogP contribution in [0.5, 0.6) is 0 Å². The number of quaternary nitrogens is 1. The Morgan fingerprint density at radius 1 is 1.36 bits per heavy atom. The number of aromatic nitrogens is 1. The van der Waals surface area contributed by atoms with Crippen molar-refractivity contribution in [3.05, 3.63) is 29.3 Å². The molecule has 0 radical (unpaired) electrons. The van der Waals surface area contributed by atoms with E-state index in [-0.39, 0.29) is 17.9 Å². The van der Waals surface area contributed by atoms with E-state index in [1.54, 1.807) is 23.3 Å². The van der Waals surface area contributed by atoms with Gasteiger partial charge in [0.2, 0.25) is 0 Å². The predicted molar refractivity (Wildman–Crippen MR) is 98.6 cm³/mol. The molecule has 2 aromatic rings. The lowest BCUT2D eigenvalue weighted by Crippen LogP contribution is -3.11. The van der Waals surface area contributed by atoms with E-state index in [1.807, 2.05) is 38.2 Å². The van der Waals surface area contributed by atoms with Crippen LogP contribution in [0, 0.1) is 0 Å². The fourth-order valence-corrected chi connectivity index (χ4v) is 3.74. The molecule has 2 N–H and O–H groups in total.